The van der Waals surface area contributed by atoms with Crippen LogP contribution in [-0.2, 0) is 4.74 Å². The first-order valence-electron chi connectivity index (χ1n) is 3.28. The minimum atomic E-state index is -2.68. The Morgan fingerprint density at radius 1 is 1.60 bits per heavy atom. The Morgan fingerprint density at radius 3 is 2.50 bits per heavy atom. The third-order valence-electron chi connectivity index (χ3n) is 1.32. The monoisotopic (exact) mass is 151 g/mol. The first kappa shape index (κ1) is 7.88. The molecular formula is C6H11F2NO. The normalized spacial score (nSPS) is 20.7. The van der Waals surface area contributed by atoms with Crippen LogP contribution in [0.15, 0.2) is 0 Å². The van der Waals surface area contributed by atoms with Crippen LogP contribution in [0.2, 0.25) is 0 Å². The number of nitrogens with one attached hydrogen (secondary N) is 1. The predicted octanol–water partition coefficient (Wildman–Crippen LogP) is 0.630. The van der Waals surface area contributed by atoms with Gasteiger partial charge in [0, 0.05) is 20.0 Å². The molecule has 1 N–H and O–H groups in total. The molecule has 0 bridgehead atoms. The largest absolute Gasteiger partial charge is 0.369 e. The molecular weight excluding hydrogens is 140 g/mol. The molecule has 2 nitrogen and oxygen atoms in total. The average molecular weight is 151 g/mol. The second-order valence-electron chi connectivity index (χ2n) is 2.66. The predicted molar refractivity (Wildman–Crippen MR) is 33.2 cm³/mol. The van der Waals surface area contributed by atoms with Gasteiger partial charge >= 0.3 is 0 Å². The lowest BCUT2D eigenvalue weighted by Crippen LogP contribution is -2.49. The molecule has 0 atom stereocenters. The summed E-state index contributed by atoms with van der Waals surface area (Å²) in [6.45, 7) is 1.81. The molecule has 0 aromatic carbocycles. The average Bonchev–Trinajstić information content (AvgIpc) is 1.56. The van der Waals surface area contributed by atoms with E-state index < -0.39 is 12.5 Å². The minimum absolute atomic E-state index is 0.00539. The third-order valence-corrected chi connectivity index (χ3v) is 1.32. The Kier molecular flexibility index (Phi) is 2.21. The van der Waals surface area contributed by atoms with Crippen molar-refractivity contribution in [2.24, 2.45) is 0 Å². The van der Waals surface area contributed by atoms with E-state index in [0.29, 0.717) is 13.1 Å². The fourth-order valence-corrected chi connectivity index (χ4v) is 0.644. The van der Waals surface area contributed by atoms with E-state index in [4.69, 9.17) is 4.74 Å². The van der Waals surface area contributed by atoms with Gasteiger partial charge in [0.1, 0.15) is 6.61 Å². The lowest BCUT2D eigenvalue weighted by Gasteiger charge is -2.28. The Labute approximate surface area is 58.6 Å². The van der Waals surface area contributed by atoms with Gasteiger partial charge in [-0.2, -0.15) is 0 Å². The molecule has 1 heterocycles. The van der Waals surface area contributed by atoms with Gasteiger partial charge in [0.05, 0.1) is 6.10 Å². The summed E-state index contributed by atoms with van der Waals surface area (Å²) >= 11 is 0. The first-order valence-corrected chi connectivity index (χ1v) is 3.28. The van der Waals surface area contributed by atoms with E-state index in [2.05, 4.69) is 5.32 Å². The smallest absolute Gasteiger partial charge is 0.268 e. The summed E-state index contributed by atoms with van der Waals surface area (Å²) in [5.41, 5.74) is 0. The van der Waals surface area contributed by atoms with Crippen LogP contribution in [0.3, 0.4) is 0 Å². The van der Waals surface area contributed by atoms with Gasteiger partial charge in [-0.25, -0.2) is 8.78 Å². The highest BCUT2D eigenvalue weighted by Crippen LogP contribution is 2.13. The second kappa shape index (κ2) is 2.80. The molecule has 4 heteroatoms. The van der Waals surface area contributed by atoms with E-state index >= 15 is 0 Å². The molecule has 1 fully saturated rings. The van der Waals surface area contributed by atoms with Crippen LogP contribution < -0.4 is 5.32 Å². The van der Waals surface area contributed by atoms with Gasteiger partial charge in [-0.15, -0.1) is 0 Å². The molecule has 1 aliphatic rings. The summed E-state index contributed by atoms with van der Waals surface area (Å²) in [4.78, 5) is 0. The van der Waals surface area contributed by atoms with Gasteiger partial charge in [-0.1, -0.05) is 0 Å². The van der Waals surface area contributed by atoms with E-state index in [9.17, 15) is 8.78 Å². The van der Waals surface area contributed by atoms with Gasteiger partial charge < -0.3 is 10.1 Å². The number of ether oxygens (including phenoxy) is 1. The SMILES string of the molecule is CC(F)(F)COC1CNC1. The lowest BCUT2D eigenvalue weighted by molar-refractivity contribution is -0.0974. The Hall–Kier alpha value is -0.220. The molecule has 60 valence electrons. The van der Waals surface area contributed by atoms with Crippen LogP contribution in [0.5, 0.6) is 0 Å². The molecule has 0 aliphatic carbocycles. The van der Waals surface area contributed by atoms with Gasteiger partial charge in [0.25, 0.3) is 5.92 Å². The summed E-state index contributed by atoms with van der Waals surface area (Å²) in [5, 5.41) is 2.93. The van der Waals surface area contributed by atoms with Crippen molar-refractivity contribution in [2.45, 2.75) is 19.0 Å². The summed E-state index contributed by atoms with van der Waals surface area (Å²) in [7, 11) is 0. The summed E-state index contributed by atoms with van der Waals surface area (Å²) in [6, 6.07) is 0. The van der Waals surface area contributed by atoms with Crippen molar-refractivity contribution < 1.29 is 13.5 Å². The Balaban J connectivity index is 2.04. The zero-order valence-electron chi connectivity index (χ0n) is 5.86. The maximum atomic E-state index is 12.1. The van der Waals surface area contributed by atoms with Crippen molar-refractivity contribution in [1.82, 2.24) is 5.32 Å². The van der Waals surface area contributed by atoms with Crippen LogP contribution in [0.4, 0.5) is 8.78 Å². The highest BCUT2D eigenvalue weighted by atomic mass is 19.3. The molecule has 0 amide bonds. The quantitative estimate of drug-likeness (QED) is 0.638. The van der Waals surface area contributed by atoms with Crippen molar-refractivity contribution in [3.8, 4) is 0 Å². The minimum Gasteiger partial charge on any atom is -0.369 e. The molecule has 1 aliphatic heterocycles. The maximum Gasteiger partial charge on any atom is 0.268 e. The third kappa shape index (κ3) is 2.58. The number of halogens is 2. The highest BCUT2D eigenvalue weighted by Gasteiger charge is 2.25. The molecule has 0 aromatic rings. The van der Waals surface area contributed by atoms with Gasteiger partial charge in [-0.3, -0.25) is 0 Å². The molecule has 1 rings (SSSR count). The summed E-state index contributed by atoms with van der Waals surface area (Å²) < 4.78 is 29.0. The first-order chi connectivity index (χ1) is 4.58. The van der Waals surface area contributed by atoms with E-state index in [0.717, 1.165) is 6.92 Å². The van der Waals surface area contributed by atoms with Crippen LogP contribution >= 0.6 is 0 Å². The van der Waals surface area contributed by atoms with E-state index in [1.54, 1.807) is 0 Å². The number of alkyl halides is 2. The molecule has 0 spiro atoms. The Morgan fingerprint density at radius 2 is 2.20 bits per heavy atom. The lowest BCUT2D eigenvalue weighted by atomic mass is 10.2. The fourth-order valence-electron chi connectivity index (χ4n) is 0.644. The van der Waals surface area contributed by atoms with Gasteiger partial charge in [0.15, 0.2) is 0 Å². The van der Waals surface area contributed by atoms with Crippen LogP contribution in [0.1, 0.15) is 6.92 Å². The molecule has 0 aromatic heterocycles. The summed E-state index contributed by atoms with van der Waals surface area (Å²) in [5.74, 6) is -2.68. The van der Waals surface area contributed by atoms with Crippen molar-refractivity contribution in [3.63, 3.8) is 0 Å². The van der Waals surface area contributed by atoms with Crippen LogP contribution in [-0.4, -0.2) is 31.7 Å². The van der Waals surface area contributed by atoms with Gasteiger partial charge in [-0.05, 0) is 0 Å². The van der Waals surface area contributed by atoms with Crippen molar-refractivity contribution >= 4 is 0 Å². The summed E-state index contributed by atoms with van der Waals surface area (Å²) in [6.07, 6.45) is 0.00539. The van der Waals surface area contributed by atoms with Gasteiger partial charge in [0.2, 0.25) is 0 Å². The number of rotatable bonds is 3. The maximum absolute atomic E-state index is 12.1. The fraction of sp³-hybridized carbons (Fsp3) is 1.00. The molecule has 0 radical (unpaired) electrons. The van der Waals surface area contributed by atoms with E-state index in [-0.39, 0.29) is 6.10 Å². The standard InChI is InChI=1S/C6H11F2NO/c1-6(7,8)4-10-5-2-9-3-5/h5,9H,2-4H2,1H3. The van der Waals surface area contributed by atoms with E-state index in [1.807, 2.05) is 0 Å². The van der Waals surface area contributed by atoms with Crippen molar-refractivity contribution in [1.29, 1.82) is 0 Å². The van der Waals surface area contributed by atoms with Crippen LogP contribution in [0.25, 0.3) is 0 Å². The van der Waals surface area contributed by atoms with Crippen molar-refractivity contribution in [3.05, 3.63) is 0 Å². The number of hydrogen-bond donors (Lipinski definition) is 1. The molecule has 0 saturated carbocycles. The second-order valence-corrected chi connectivity index (χ2v) is 2.66. The topological polar surface area (TPSA) is 21.3 Å². The molecule has 10 heavy (non-hydrogen) atoms. The Bertz CT molecular complexity index is 109. The van der Waals surface area contributed by atoms with Crippen LogP contribution in [0, 0.1) is 0 Å². The molecule has 0 unspecified atom stereocenters. The zero-order chi connectivity index (χ0) is 7.61. The zero-order valence-corrected chi connectivity index (χ0v) is 5.86. The number of hydrogen-bond acceptors (Lipinski definition) is 2. The highest BCUT2D eigenvalue weighted by molar-refractivity contribution is 4.75. The molecule has 1 saturated heterocycles. The van der Waals surface area contributed by atoms with E-state index in [1.165, 1.54) is 0 Å². The van der Waals surface area contributed by atoms with Crippen molar-refractivity contribution in [2.75, 3.05) is 19.7 Å².